The van der Waals surface area contributed by atoms with Gasteiger partial charge in [-0.25, -0.2) is 4.39 Å². The summed E-state index contributed by atoms with van der Waals surface area (Å²) in [5.41, 5.74) is 3.06. The number of ether oxygens (including phenoxy) is 1. The standard InChI is InChI=1S/C19H24FN3O2/c1-12-16(13(2)22(4)21-12)11-23(15-9-10-15)19(24)14(3)25-18-8-6-5-7-17(18)20/h5-8,14-15H,9-11H2,1-4H3/t14-/m1/s1. The number of aromatic nitrogens is 2. The first kappa shape index (κ1) is 17.5. The van der Waals surface area contributed by atoms with Crippen LogP contribution in [0.15, 0.2) is 24.3 Å². The van der Waals surface area contributed by atoms with E-state index in [0.29, 0.717) is 6.54 Å². The third kappa shape index (κ3) is 3.67. The smallest absolute Gasteiger partial charge is 0.263 e. The number of benzene rings is 1. The molecule has 0 aliphatic heterocycles. The Hall–Kier alpha value is -2.37. The fourth-order valence-electron chi connectivity index (χ4n) is 3.00. The van der Waals surface area contributed by atoms with Crippen LogP contribution in [-0.2, 0) is 18.4 Å². The van der Waals surface area contributed by atoms with E-state index in [0.717, 1.165) is 29.8 Å². The Labute approximate surface area is 147 Å². The lowest BCUT2D eigenvalue weighted by molar-refractivity contribution is -0.139. The van der Waals surface area contributed by atoms with E-state index in [-0.39, 0.29) is 17.7 Å². The first-order chi connectivity index (χ1) is 11.9. The van der Waals surface area contributed by atoms with Crippen molar-refractivity contribution in [3.05, 3.63) is 47.0 Å². The topological polar surface area (TPSA) is 47.4 Å². The van der Waals surface area contributed by atoms with Crippen LogP contribution in [0.25, 0.3) is 0 Å². The molecule has 25 heavy (non-hydrogen) atoms. The molecule has 134 valence electrons. The van der Waals surface area contributed by atoms with Crippen molar-refractivity contribution < 1.29 is 13.9 Å². The van der Waals surface area contributed by atoms with Crippen LogP contribution in [0.2, 0.25) is 0 Å². The maximum absolute atomic E-state index is 13.8. The lowest BCUT2D eigenvalue weighted by Gasteiger charge is -2.26. The summed E-state index contributed by atoms with van der Waals surface area (Å²) >= 11 is 0. The lowest BCUT2D eigenvalue weighted by Crippen LogP contribution is -2.41. The number of nitrogens with zero attached hydrogens (tertiary/aromatic N) is 3. The van der Waals surface area contributed by atoms with Gasteiger partial charge in [0.2, 0.25) is 0 Å². The predicted molar refractivity (Wildman–Crippen MR) is 92.7 cm³/mol. The minimum atomic E-state index is -0.741. The molecule has 1 aromatic carbocycles. The predicted octanol–water partition coefficient (Wildman–Crippen LogP) is 3.13. The van der Waals surface area contributed by atoms with Crippen molar-refractivity contribution in [1.29, 1.82) is 0 Å². The van der Waals surface area contributed by atoms with E-state index >= 15 is 0 Å². The zero-order valence-electron chi connectivity index (χ0n) is 15.1. The number of aryl methyl sites for hydroxylation is 2. The number of carbonyl (C=O) groups excluding carboxylic acids is 1. The molecule has 0 spiro atoms. The van der Waals surface area contributed by atoms with Crippen LogP contribution in [0, 0.1) is 19.7 Å². The normalized spacial score (nSPS) is 15.1. The Balaban J connectivity index is 1.76. The summed E-state index contributed by atoms with van der Waals surface area (Å²) in [7, 11) is 1.90. The minimum absolute atomic E-state index is 0.104. The van der Waals surface area contributed by atoms with Gasteiger partial charge in [-0.2, -0.15) is 5.10 Å². The molecule has 1 aromatic heterocycles. The van der Waals surface area contributed by atoms with Gasteiger partial charge in [-0.3, -0.25) is 9.48 Å². The molecule has 1 aliphatic rings. The molecule has 0 saturated heterocycles. The van der Waals surface area contributed by atoms with E-state index in [1.807, 2.05) is 30.5 Å². The molecule has 1 aliphatic carbocycles. The van der Waals surface area contributed by atoms with E-state index in [2.05, 4.69) is 5.10 Å². The highest BCUT2D eigenvalue weighted by atomic mass is 19.1. The fourth-order valence-corrected chi connectivity index (χ4v) is 3.00. The number of hydrogen-bond donors (Lipinski definition) is 0. The number of hydrogen-bond acceptors (Lipinski definition) is 3. The highest BCUT2D eigenvalue weighted by molar-refractivity contribution is 5.81. The molecule has 1 saturated carbocycles. The van der Waals surface area contributed by atoms with Gasteiger partial charge in [0.25, 0.3) is 5.91 Å². The number of para-hydroxylation sites is 1. The van der Waals surface area contributed by atoms with Crippen LogP contribution >= 0.6 is 0 Å². The van der Waals surface area contributed by atoms with E-state index in [4.69, 9.17) is 4.74 Å². The summed E-state index contributed by atoms with van der Waals surface area (Å²) in [6, 6.07) is 6.39. The van der Waals surface area contributed by atoms with E-state index < -0.39 is 11.9 Å². The largest absolute Gasteiger partial charge is 0.478 e. The van der Waals surface area contributed by atoms with Gasteiger partial charge in [-0.1, -0.05) is 12.1 Å². The average Bonchev–Trinajstić information content (AvgIpc) is 3.37. The zero-order chi connectivity index (χ0) is 18.1. The second-order valence-electron chi connectivity index (χ2n) is 6.66. The molecule has 2 aromatic rings. The van der Waals surface area contributed by atoms with Gasteiger partial charge in [-0.05, 0) is 45.7 Å². The van der Waals surface area contributed by atoms with Crippen molar-refractivity contribution in [3.8, 4) is 5.75 Å². The Kier molecular flexibility index (Phi) is 4.79. The fraction of sp³-hybridized carbons (Fsp3) is 0.474. The Morgan fingerprint density at radius 1 is 1.40 bits per heavy atom. The van der Waals surface area contributed by atoms with Gasteiger partial charge >= 0.3 is 0 Å². The summed E-state index contributed by atoms with van der Waals surface area (Å²) in [6.07, 6.45) is 1.25. The van der Waals surface area contributed by atoms with Gasteiger partial charge in [0, 0.05) is 30.9 Å². The van der Waals surface area contributed by atoms with Crippen LogP contribution in [-0.4, -0.2) is 32.7 Å². The van der Waals surface area contributed by atoms with Crippen LogP contribution in [0.5, 0.6) is 5.75 Å². The summed E-state index contributed by atoms with van der Waals surface area (Å²) in [4.78, 5) is 14.8. The molecule has 6 heteroatoms. The van der Waals surface area contributed by atoms with Gasteiger partial charge < -0.3 is 9.64 Å². The van der Waals surface area contributed by atoms with Crippen LogP contribution in [0.1, 0.15) is 36.7 Å². The Morgan fingerprint density at radius 3 is 2.64 bits per heavy atom. The Bertz CT molecular complexity index is 783. The first-order valence-electron chi connectivity index (χ1n) is 8.59. The second-order valence-corrected chi connectivity index (χ2v) is 6.66. The highest BCUT2D eigenvalue weighted by Gasteiger charge is 2.36. The van der Waals surface area contributed by atoms with Crippen molar-refractivity contribution >= 4 is 5.91 Å². The molecule has 1 atom stereocenters. The average molecular weight is 345 g/mol. The minimum Gasteiger partial charge on any atom is -0.478 e. The van der Waals surface area contributed by atoms with E-state index in [1.165, 1.54) is 12.1 Å². The van der Waals surface area contributed by atoms with Crippen molar-refractivity contribution in [1.82, 2.24) is 14.7 Å². The van der Waals surface area contributed by atoms with Crippen molar-refractivity contribution in [2.24, 2.45) is 7.05 Å². The first-order valence-corrected chi connectivity index (χ1v) is 8.59. The summed E-state index contributed by atoms with van der Waals surface area (Å²) in [5, 5.41) is 4.42. The third-order valence-electron chi connectivity index (χ3n) is 4.75. The molecule has 0 N–H and O–H groups in total. The zero-order valence-corrected chi connectivity index (χ0v) is 15.1. The maximum Gasteiger partial charge on any atom is 0.263 e. The van der Waals surface area contributed by atoms with E-state index in [9.17, 15) is 9.18 Å². The number of carbonyl (C=O) groups is 1. The molecule has 0 radical (unpaired) electrons. The molecule has 0 bridgehead atoms. The van der Waals surface area contributed by atoms with Crippen molar-refractivity contribution in [2.75, 3.05) is 0 Å². The van der Waals surface area contributed by atoms with Gasteiger partial charge in [0.1, 0.15) is 0 Å². The van der Waals surface area contributed by atoms with Crippen molar-refractivity contribution in [3.63, 3.8) is 0 Å². The van der Waals surface area contributed by atoms with E-state index in [1.54, 1.807) is 19.1 Å². The highest BCUT2D eigenvalue weighted by Crippen LogP contribution is 2.31. The van der Waals surface area contributed by atoms with Gasteiger partial charge in [0.15, 0.2) is 17.7 Å². The number of halogens is 1. The molecular weight excluding hydrogens is 321 g/mol. The van der Waals surface area contributed by atoms with Crippen molar-refractivity contribution in [2.45, 2.75) is 52.3 Å². The number of amides is 1. The van der Waals surface area contributed by atoms with Crippen LogP contribution in [0.4, 0.5) is 4.39 Å². The quantitative estimate of drug-likeness (QED) is 0.808. The molecular formula is C19H24FN3O2. The van der Waals surface area contributed by atoms with Crippen LogP contribution in [0.3, 0.4) is 0 Å². The molecule has 0 unspecified atom stereocenters. The Morgan fingerprint density at radius 2 is 2.08 bits per heavy atom. The molecule has 1 fully saturated rings. The van der Waals surface area contributed by atoms with Gasteiger partial charge in [0.05, 0.1) is 5.69 Å². The monoisotopic (exact) mass is 345 g/mol. The summed E-state index contributed by atoms with van der Waals surface area (Å²) < 4.78 is 21.2. The van der Waals surface area contributed by atoms with Crippen LogP contribution < -0.4 is 4.74 Å². The molecule has 1 heterocycles. The molecule has 3 rings (SSSR count). The van der Waals surface area contributed by atoms with Gasteiger partial charge in [-0.15, -0.1) is 0 Å². The lowest BCUT2D eigenvalue weighted by atomic mass is 10.1. The maximum atomic E-state index is 13.8. The molecule has 5 nitrogen and oxygen atoms in total. The molecule has 1 amide bonds. The second kappa shape index (κ2) is 6.86. The summed E-state index contributed by atoms with van der Waals surface area (Å²) in [5.74, 6) is -0.472. The number of rotatable bonds is 6. The summed E-state index contributed by atoms with van der Waals surface area (Å²) in [6.45, 7) is 6.15. The third-order valence-corrected chi connectivity index (χ3v) is 4.75. The SMILES string of the molecule is Cc1nn(C)c(C)c1CN(C(=O)[C@@H](C)Oc1ccccc1F)C1CC1.